The van der Waals surface area contributed by atoms with E-state index in [1.807, 2.05) is 0 Å². The summed E-state index contributed by atoms with van der Waals surface area (Å²) in [6.07, 6.45) is 2.85. The molecule has 0 aromatic carbocycles. The molecular weight excluding hydrogens is 260 g/mol. The number of hydrogen-bond acceptors (Lipinski definition) is 4. The van der Waals surface area contributed by atoms with Gasteiger partial charge in [-0.05, 0) is 19.3 Å². The van der Waals surface area contributed by atoms with E-state index in [-0.39, 0.29) is 18.4 Å². The minimum absolute atomic E-state index is 0.0248. The van der Waals surface area contributed by atoms with Gasteiger partial charge < -0.3 is 10.0 Å². The number of carbonyl (C=O) groups excluding carboxylic acids is 2. The van der Waals surface area contributed by atoms with Gasteiger partial charge in [-0.2, -0.15) is 5.10 Å². The summed E-state index contributed by atoms with van der Waals surface area (Å²) in [7, 11) is 3.40. The molecule has 2 heterocycles. The van der Waals surface area contributed by atoms with Crippen LogP contribution >= 0.6 is 0 Å². The number of rotatable bonds is 3. The Kier molecular flexibility index (Phi) is 4.39. The molecule has 7 nitrogen and oxygen atoms in total. The molecule has 1 aliphatic heterocycles. The van der Waals surface area contributed by atoms with Crippen LogP contribution < -0.4 is 4.90 Å². The number of hydrogen-bond donors (Lipinski definition) is 1. The lowest BCUT2D eigenvalue weighted by atomic mass is 10.2. The van der Waals surface area contributed by atoms with Gasteiger partial charge in [0.25, 0.3) is 5.91 Å². The van der Waals surface area contributed by atoms with E-state index < -0.39 is 6.10 Å². The molecule has 1 unspecified atom stereocenters. The highest BCUT2D eigenvalue weighted by Gasteiger charge is 2.27. The predicted octanol–water partition coefficient (Wildman–Crippen LogP) is -0.244. The van der Waals surface area contributed by atoms with Gasteiger partial charge in [-0.15, -0.1) is 0 Å². The van der Waals surface area contributed by atoms with Crippen LogP contribution in [0.3, 0.4) is 0 Å². The fourth-order valence-corrected chi connectivity index (χ4v) is 2.22. The number of likely N-dealkylation sites (N-methyl/N-ethyl adjacent to an activating group) is 1. The van der Waals surface area contributed by atoms with Crippen LogP contribution in [-0.2, 0) is 16.6 Å². The molecule has 1 aliphatic rings. The Labute approximate surface area is 117 Å². The molecule has 1 fully saturated rings. The van der Waals surface area contributed by atoms with Crippen molar-refractivity contribution < 1.29 is 14.7 Å². The third kappa shape index (κ3) is 3.16. The average molecular weight is 280 g/mol. The summed E-state index contributed by atoms with van der Waals surface area (Å²) in [5, 5.41) is 13.8. The van der Waals surface area contributed by atoms with Crippen molar-refractivity contribution in [3.63, 3.8) is 0 Å². The van der Waals surface area contributed by atoms with Crippen LogP contribution in [0.15, 0.2) is 12.3 Å². The number of amides is 2. The zero-order valence-corrected chi connectivity index (χ0v) is 11.8. The highest BCUT2D eigenvalue weighted by Crippen LogP contribution is 2.13. The van der Waals surface area contributed by atoms with E-state index in [4.69, 9.17) is 0 Å². The summed E-state index contributed by atoms with van der Waals surface area (Å²) in [5.74, 6) is -0.0308. The van der Waals surface area contributed by atoms with Crippen molar-refractivity contribution in [2.24, 2.45) is 7.05 Å². The third-order valence-electron chi connectivity index (χ3n) is 3.50. The second-order valence-electron chi connectivity index (χ2n) is 5.07. The largest absolute Gasteiger partial charge is 0.383 e. The van der Waals surface area contributed by atoms with Gasteiger partial charge in [-0.25, -0.2) is 0 Å². The summed E-state index contributed by atoms with van der Waals surface area (Å²) >= 11 is 0. The van der Waals surface area contributed by atoms with E-state index in [2.05, 4.69) is 5.10 Å². The van der Waals surface area contributed by atoms with Crippen LogP contribution in [0.1, 0.15) is 19.3 Å². The first-order valence-corrected chi connectivity index (χ1v) is 6.72. The number of aromatic nitrogens is 2. The van der Waals surface area contributed by atoms with Gasteiger partial charge in [-0.1, -0.05) is 0 Å². The average Bonchev–Trinajstić information content (AvgIpc) is 2.79. The molecule has 0 saturated carbocycles. The van der Waals surface area contributed by atoms with E-state index >= 15 is 0 Å². The van der Waals surface area contributed by atoms with Crippen LogP contribution in [-0.4, -0.2) is 57.8 Å². The van der Waals surface area contributed by atoms with Gasteiger partial charge in [0.15, 0.2) is 5.82 Å². The Morgan fingerprint density at radius 1 is 1.55 bits per heavy atom. The maximum atomic E-state index is 12.2. The van der Waals surface area contributed by atoms with Crippen LogP contribution in [0.5, 0.6) is 0 Å². The molecular formula is C13H20N4O3. The quantitative estimate of drug-likeness (QED) is 0.828. The van der Waals surface area contributed by atoms with E-state index in [1.54, 1.807) is 31.0 Å². The van der Waals surface area contributed by atoms with Crippen molar-refractivity contribution >= 4 is 17.6 Å². The van der Waals surface area contributed by atoms with Crippen molar-refractivity contribution in [3.8, 4) is 0 Å². The molecule has 1 atom stereocenters. The first kappa shape index (κ1) is 14.5. The molecule has 110 valence electrons. The maximum absolute atomic E-state index is 12.2. The van der Waals surface area contributed by atoms with Gasteiger partial charge in [0.1, 0.15) is 12.6 Å². The van der Waals surface area contributed by atoms with Gasteiger partial charge in [0.05, 0.1) is 0 Å². The Balaban J connectivity index is 2.01. The smallest absolute Gasteiger partial charge is 0.251 e. The molecule has 0 radical (unpaired) electrons. The molecule has 1 aromatic rings. The Hall–Kier alpha value is -1.89. The second kappa shape index (κ2) is 6.04. The minimum atomic E-state index is -0.981. The molecule has 7 heteroatoms. The molecule has 2 amide bonds. The van der Waals surface area contributed by atoms with Gasteiger partial charge in [0.2, 0.25) is 5.91 Å². The van der Waals surface area contributed by atoms with Crippen LogP contribution in [0.2, 0.25) is 0 Å². The predicted molar refractivity (Wildman–Crippen MR) is 73.1 cm³/mol. The van der Waals surface area contributed by atoms with Crippen molar-refractivity contribution in [2.75, 3.05) is 25.0 Å². The summed E-state index contributed by atoms with van der Waals surface area (Å²) in [5.41, 5.74) is 0. The number of aliphatic hydroxyl groups excluding tert-OH is 1. The number of carbonyl (C=O) groups is 2. The zero-order chi connectivity index (χ0) is 14.7. The Bertz CT molecular complexity index is 500. The summed E-state index contributed by atoms with van der Waals surface area (Å²) in [6.45, 7) is 0.487. The fourth-order valence-electron chi connectivity index (χ4n) is 2.22. The third-order valence-corrected chi connectivity index (χ3v) is 3.50. The molecule has 2 rings (SSSR count). The lowest BCUT2D eigenvalue weighted by Gasteiger charge is -2.24. The number of nitrogens with zero attached hydrogens (tertiary/aromatic N) is 4. The summed E-state index contributed by atoms with van der Waals surface area (Å²) < 4.78 is 1.61. The van der Waals surface area contributed by atoms with Gasteiger partial charge in [0, 0.05) is 32.9 Å². The van der Waals surface area contributed by atoms with E-state index in [0.717, 1.165) is 12.8 Å². The minimum Gasteiger partial charge on any atom is -0.383 e. The molecule has 1 saturated heterocycles. The highest BCUT2D eigenvalue weighted by atomic mass is 16.3. The van der Waals surface area contributed by atoms with Crippen molar-refractivity contribution in [2.45, 2.75) is 25.4 Å². The Morgan fingerprint density at radius 3 is 2.95 bits per heavy atom. The molecule has 0 spiro atoms. The first-order valence-electron chi connectivity index (χ1n) is 6.72. The standard InChI is InChI=1S/C13H20N4O3/c1-15-8-6-11(14-15)16(2)12(19)9-17-7-4-3-5-10(18)13(17)20/h6,8,10,18H,3-5,7,9H2,1-2H3. The fraction of sp³-hybridized carbons (Fsp3) is 0.615. The molecule has 0 aliphatic carbocycles. The van der Waals surface area contributed by atoms with E-state index in [1.165, 1.54) is 9.80 Å². The molecule has 1 aromatic heterocycles. The number of likely N-dealkylation sites (tertiary alicyclic amines) is 1. The van der Waals surface area contributed by atoms with Crippen LogP contribution in [0, 0.1) is 0 Å². The summed E-state index contributed by atoms with van der Waals surface area (Å²) in [4.78, 5) is 27.0. The van der Waals surface area contributed by atoms with Crippen molar-refractivity contribution in [3.05, 3.63) is 12.3 Å². The van der Waals surface area contributed by atoms with Crippen molar-refractivity contribution in [1.82, 2.24) is 14.7 Å². The maximum Gasteiger partial charge on any atom is 0.251 e. The lowest BCUT2D eigenvalue weighted by molar-refractivity contribution is -0.142. The van der Waals surface area contributed by atoms with E-state index in [0.29, 0.717) is 18.8 Å². The summed E-state index contributed by atoms with van der Waals surface area (Å²) in [6, 6.07) is 1.73. The zero-order valence-electron chi connectivity index (χ0n) is 11.8. The lowest BCUT2D eigenvalue weighted by Crippen LogP contribution is -2.44. The molecule has 20 heavy (non-hydrogen) atoms. The van der Waals surface area contributed by atoms with Gasteiger partial charge >= 0.3 is 0 Å². The first-order chi connectivity index (χ1) is 9.49. The molecule has 0 bridgehead atoms. The van der Waals surface area contributed by atoms with Crippen LogP contribution in [0.4, 0.5) is 5.82 Å². The van der Waals surface area contributed by atoms with Crippen molar-refractivity contribution in [1.29, 1.82) is 0 Å². The SMILES string of the molecule is CN(C(=O)CN1CCCCC(O)C1=O)c1ccn(C)n1. The normalized spacial score (nSPS) is 19.9. The second-order valence-corrected chi connectivity index (χ2v) is 5.07. The van der Waals surface area contributed by atoms with Gasteiger partial charge in [-0.3, -0.25) is 19.2 Å². The number of aliphatic hydroxyl groups is 1. The monoisotopic (exact) mass is 280 g/mol. The Morgan fingerprint density at radius 2 is 2.30 bits per heavy atom. The van der Waals surface area contributed by atoms with Crippen LogP contribution in [0.25, 0.3) is 0 Å². The molecule has 1 N–H and O–H groups in total. The highest BCUT2D eigenvalue weighted by molar-refractivity contribution is 5.96. The topological polar surface area (TPSA) is 78.7 Å². The number of aryl methyl sites for hydroxylation is 1. The van der Waals surface area contributed by atoms with E-state index in [9.17, 15) is 14.7 Å². The number of anilines is 1.